The number of fused-ring (bicyclic) bond motifs is 1. The van der Waals surface area contributed by atoms with Crippen LogP contribution < -0.4 is 5.32 Å². The van der Waals surface area contributed by atoms with Crippen molar-refractivity contribution in [2.45, 2.75) is 19.4 Å². The average molecular weight is 226 g/mol. The van der Waals surface area contributed by atoms with Gasteiger partial charge in [0.15, 0.2) is 0 Å². The largest absolute Gasteiger partial charge is 0.313 e. The summed E-state index contributed by atoms with van der Waals surface area (Å²) in [6, 6.07) is 10.7. The van der Waals surface area contributed by atoms with Crippen LogP contribution in [0.15, 0.2) is 43.0 Å². The summed E-state index contributed by atoms with van der Waals surface area (Å²) in [5.41, 5.74) is 3.42. The van der Waals surface area contributed by atoms with Gasteiger partial charge in [0.2, 0.25) is 0 Å². The van der Waals surface area contributed by atoms with Gasteiger partial charge in [-0.25, -0.2) is 0 Å². The highest BCUT2D eigenvalue weighted by Crippen LogP contribution is 2.26. The van der Waals surface area contributed by atoms with Crippen LogP contribution in [0.1, 0.15) is 23.7 Å². The molecule has 0 radical (unpaired) electrons. The quantitative estimate of drug-likeness (QED) is 0.808. The van der Waals surface area contributed by atoms with Gasteiger partial charge in [0, 0.05) is 17.1 Å². The van der Waals surface area contributed by atoms with Crippen molar-refractivity contribution in [1.29, 1.82) is 0 Å². The SMILES string of the molecule is C=CCC(NC)c1cc(C)nc2ccccc12. The summed E-state index contributed by atoms with van der Waals surface area (Å²) < 4.78 is 0. The molecule has 0 saturated carbocycles. The molecule has 0 amide bonds. The number of para-hydroxylation sites is 1. The van der Waals surface area contributed by atoms with E-state index in [0.717, 1.165) is 17.6 Å². The van der Waals surface area contributed by atoms with Gasteiger partial charge >= 0.3 is 0 Å². The zero-order chi connectivity index (χ0) is 12.3. The molecule has 2 heteroatoms. The minimum Gasteiger partial charge on any atom is -0.313 e. The molecular weight excluding hydrogens is 208 g/mol. The predicted octanol–water partition coefficient (Wildman–Crippen LogP) is 3.38. The number of aryl methyl sites for hydroxylation is 1. The zero-order valence-electron chi connectivity index (χ0n) is 10.4. The molecule has 0 bridgehead atoms. The normalized spacial score (nSPS) is 12.6. The fourth-order valence-electron chi connectivity index (χ4n) is 2.20. The van der Waals surface area contributed by atoms with E-state index < -0.39 is 0 Å². The molecule has 0 aliphatic rings. The maximum atomic E-state index is 4.56. The lowest BCUT2D eigenvalue weighted by atomic mass is 9.98. The van der Waals surface area contributed by atoms with E-state index in [1.807, 2.05) is 26.1 Å². The van der Waals surface area contributed by atoms with Gasteiger partial charge in [0.25, 0.3) is 0 Å². The number of aromatic nitrogens is 1. The molecular formula is C15H18N2. The molecule has 2 rings (SSSR count). The van der Waals surface area contributed by atoms with Gasteiger partial charge in [0.05, 0.1) is 5.52 Å². The van der Waals surface area contributed by atoms with Gasteiger partial charge in [-0.1, -0.05) is 24.3 Å². The molecule has 0 spiro atoms. The van der Waals surface area contributed by atoms with E-state index in [2.05, 4.69) is 41.1 Å². The van der Waals surface area contributed by atoms with E-state index >= 15 is 0 Å². The first-order chi connectivity index (χ1) is 8.26. The minimum atomic E-state index is 0.305. The number of pyridine rings is 1. The third-order valence-corrected chi connectivity index (χ3v) is 3.00. The second-order valence-electron chi connectivity index (χ2n) is 4.24. The van der Waals surface area contributed by atoms with Crippen molar-refractivity contribution in [3.8, 4) is 0 Å². The Hall–Kier alpha value is -1.67. The summed E-state index contributed by atoms with van der Waals surface area (Å²) in [6.07, 6.45) is 2.87. The summed E-state index contributed by atoms with van der Waals surface area (Å²) in [5, 5.41) is 4.56. The van der Waals surface area contributed by atoms with Crippen LogP contribution in [-0.4, -0.2) is 12.0 Å². The van der Waals surface area contributed by atoms with Crippen molar-refractivity contribution >= 4 is 10.9 Å². The van der Waals surface area contributed by atoms with Crippen molar-refractivity contribution in [2.75, 3.05) is 7.05 Å². The number of nitrogens with one attached hydrogen (secondary N) is 1. The fourth-order valence-corrected chi connectivity index (χ4v) is 2.20. The van der Waals surface area contributed by atoms with Crippen molar-refractivity contribution in [1.82, 2.24) is 10.3 Å². The predicted molar refractivity (Wildman–Crippen MR) is 73.1 cm³/mol. The first-order valence-electron chi connectivity index (χ1n) is 5.90. The second kappa shape index (κ2) is 5.11. The lowest BCUT2D eigenvalue weighted by Gasteiger charge is -2.17. The lowest BCUT2D eigenvalue weighted by Crippen LogP contribution is -2.16. The van der Waals surface area contributed by atoms with Crippen LogP contribution in [0.5, 0.6) is 0 Å². The molecule has 88 valence electrons. The average Bonchev–Trinajstić information content (AvgIpc) is 2.35. The molecule has 0 saturated heterocycles. The Balaban J connectivity index is 2.61. The molecule has 1 aromatic heterocycles. The summed E-state index contributed by atoms with van der Waals surface area (Å²) in [7, 11) is 1.98. The molecule has 0 aliphatic carbocycles. The van der Waals surface area contributed by atoms with E-state index in [9.17, 15) is 0 Å². The molecule has 0 fully saturated rings. The highest BCUT2D eigenvalue weighted by atomic mass is 14.9. The highest BCUT2D eigenvalue weighted by molar-refractivity contribution is 5.82. The molecule has 1 atom stereocenters. The Kier molecular flexibility index (Phi) is 3.55. The summed E-state index contributed by atoms with van der Waals surface area (Å²) in [6.45, 7) is 5.86. The van der Waals surface area contributed by atoms with Crippen LogP contribution in [0.2, 0.25) is 0 Å². The van der Waals surface area contributed by atoms with Crippen LogP contribution in [0.4, 0.5) is 0 Å². The number of rotatable bonds is 4. The van der Waals surface area contributed by atoms with Gasteiger partial charge in [-0.2, -0.15) is 0 Å². The number of benzene rings is 1. The van der Waals surface area contributed by atoms with E-state index in [0.29, 0.717) is 6.04 Å². The monoisotopic (exact) mass is 226 g/mol. The first kappa shape index (κ1) is 11.8. The van der Waals surface area contributed by atoms with E-state index in [-0.39, 0.29) is 0 Å². The van der Waals surface area contributed by atoms with Crippen LogP contribution >= 0.6 is 0 Å². The van der Waals surface area contributed by atoms with E-state index in [4.69, 9.17) is 0 Å². The molecule has 1 N–H and O–H groups in total. The molecule has 2 aromatic rings. The van der Waals surface area contributed by atoms with Gasteiger partial charge in [-0.3, -0.25) is 4.98 Å². The molecule has 2 nitrogen and oxygen atoms in total. The number of hydrogen-bond acceptors (Lipinski definition) is 2. The maximum absolute atomic E-state index is 4.56. The number of hydrogen-bond donors (Lipinski definition) is 1. The molecule has 1 unspecified atom stereocenters. The van der Waals surface area contributed by atoms with Crippen LogP contribution in [0, 0.1) is 6.92 Å². The standard InChI is InChI=1S/C15H18N2/c1-4-7-14(16-3)13-10-11(2)17-15-9-6-5-8-12(13)15/h4-6,8-10,14,16H,1,7H2,2-3H3. The third-order valence-electron chi connectivity index (χ3n) is 3.00. The van der Waals surface area contributed by atoms with E-state index in [1.165, 1.54) is 10.9 Å². The lowest BCUT2D eigenvalue weighted by molar-refractivity contribution is 0.607. The van der Waals surface area contributed by atoms with E-state index in [1.54, 1.807) is 0 Å². The van der Waals surface area contributed by atoms with Gasteiger partial charge in [0.1, 0.15) is 0 Å². The zero-order valence-corrected chi connectivity index (χ0v) is 10.4. The Morgan fingerprint density at radius 2 is 2.18 bits per heavy atom. The van der Waals surface area contributed by atoms with Crippen molar-refractivity contribution < 1.29 is 0 Å². The summed E-state index contributed by atoms with van der Waals surface area (Å²) in [5.74, 6) is 0. The van der Waals surface area contributed by atoms with Crippen molar-refractivity contribution in [3.05, 3.63) is 54.2 Å². The molecule has 0 aliphatic heterocycles. The fraction of sp³-hybridized carbons (Fsp3) is 0.267. The summed E-state index contributed by atoms with van der Waals surface area (Å²) >= 11 is 0. The van der Waals surface area contributed by atoms with Crippen molar-refractivity contribution in [3.63, 3.8) is 0 Å². The van der Waals surface area contributed by atoms with Crippen LogP contribution in [-0.2, 0) is 0 Å². The van der Waals surface area contributed by atoms with Crippen molar-refractivity contribution in [2.24, 2.45) is 0 Å². The van der Waals surface area contributed by atoms with Crippen LogP contribution in [0.3, 0.4) is 0 Å². The second-order valence-corrected chi connectivity index (χ2v) is 4.24. The van der Waals surface area contributed by atoms with Gasteiger partial charge in [-0.15, -0.1) is 6.58 Å². The highest BCUT2D eigenvalue weighted by Gasteiger charge is 2.12. The molecule has 1 aromatic carbocycles. The number of nitrogens with zero attached hydrogens (tertiary/aromatic N) is 1. The topological polar surface area (TPSA) is 24.9 Å². The van der Waals surface area contributed by atoms with Gasteiger partial charge < -0.3 is 5.32 Å². The molecule has 1 heterocycles. The smallest absolute Gasteiger partial charge is 0.0708 e. The summed E-state index contributed by atoms with van der Waals surface area (Å²) in [4.78, 5) is 4.56. The Labute approximate surface area is 102 Å². The van der Waals surface area contributed by atoms with Crippen LogP contribution in [0.25, 0.3) is 10.9 Å². The Morgan fingerprint density at radius 3 is 2.88 bits per heavy atom. The maximum Gasteiger partial charge on any atom is 0.0708 e. The van der Waals surface area contributed by atoms with Gasteiger partial charge in [-0.05, 0) is 38.1 Å². The third kappa shape index (κ3) is 2.37. The Bertz CT molecular complexity index is 531. The minimum absolute atomic E-state index is 0.305. The first-order valence-corrected chi connectivity index (χ1v) is 5.90. The molecule has 17 heavy (non-hydrogen) atoms. The Morgan fingerprint density at radius 1 is 1.41 bits per heavy atom.